The fourth-order valence-electron chi connectivity index (χ4n) is 1.90. The molecule has 1 rings (SSSR count). The Hall–Kier alpha value is -1.36. The Bertz CT molecular complexity index is 465. The van der Waals surface area contributed by atoms with Crippen LogP contribution in [-0.2, 0) is 11.2 Å². The molecule has 2 N–H and O–H groups in total. The van der Waals surface area contributed by atoms with Gasteiger partial charge in [-0.2, -0.15) is 0 Å². The van der Waals surface area contributed by atoms with Crippen molar-refractivity contribution >= 4 is 23.2 Å². The van der Waals surface area contributed by atoms with E-state index in [1.807, 2.05) is 33.8 Å². The lowest BCUT2D eigenvalue weighted by Crippen LogP contribution is -2.41. The zero-order chi connectivity index (χ0) is 14.6. The van der Waals surface area contributed by atoms with E-state index in [-0.39, 0.29) is 11.8 Å². The molecule has 0 saturated heterocycles. The van der Waals surface area contributed by atoms with Crippen LogP contribution in [-0.4, -0.2) is 23.0 Å². The molecule has 4 nitrogen and oxygen atoms in total. The molecule has 0 fully saturated rings. The van der Waals surface area contributed by atoms with Gasteiger partial charge in [0.25, 0.3) is 5.91 Å². The average molecular weight is 283 g/mol. The van der Waals surface area contributed by atoms with Gasteiger partial charge in [-0.3, -0.25) is 4.79 Å². The Kier molecular flexibility index (Phi) is 5.54. The van der Waals surface area contributed by atoms with E-state index in [0.29, 0.717) is 11.3 Å². The molecular weight excluding hydrogens is 262 g/mol. The fourth-order valence-corrected chi connectivity index (χ4v) is 2.92. The Morgan fingerprint density at radius 1 is 1.42 bits per heavy atom. The smallest absolute Gasteiger partial charge is 0.326 e. The maximum absolute atomic E-state index is 12.1. The minimum Gasteiger partial charge on any atom is -0.480 e. The highest BCUT2D eigenvalue weighted by atomic mass is 32.1. The molecule has 1 atom stereocenters. The highest BCUT2D eigenvalue weighted by Gasteiger charge is 2.22. The molecule has 19 heavy (non-hydrogen) atoms. The molecule has 1 aromatic rings. The van der Waals surface area contributed by atoms with Gasteiger partial charge in [-0.25, -0.2) is 4.79 Å². The number of rotatable bonds is 6. The Balaban J connectivity index is 2.78. The van der Waals surface area contributed by atoms with Crippen molar-refractivity contribution < 1.29 is 14.7 Å². The van der Waals surface area contributed by atoms with Crippen molar-refractivity contribution in [2.24, 2.45) is 5.92 Å². The predicted octanol–water partition coefficient (Wildman–Crippen LogP) is 2.85. The lowest BCUT2D eigenvalue weighted by molar-refractivity contribution is -0.139. The number of carboxylic acid groups (broad SMARTS) is 1. The third kappa shape index (κ3) is 4.35. The normalized spacial score (nSPS) is 12.5. The first-order valence-corrected chi connectivity index (χ1v) is 7.29. The summed E-state index contributed by atoms with van der Waals surface area (Å²) in [6.45, 7) is 7.88. The number of aliphatic carboxylic acids is 1. The number of nitrogens with one attached hydrogen (secondary N) is 1. The summed E-state index contributed by atoms with van der Waals surface area (Å²) in [4.78, 5) is 24.9. The summed E-state index contributed by atoms with van der Waals surface area (Å²) in [7, 11) is 0. The van der Waals surface area contributed by atoms with Crippen molar-refractivity contribution in [3.8, 4) is 0 Å². The monoisotopic (exact) mass is 283 g/mol. The van der Waals surface area contributed by atoms with E-state index < -0.39 is 12.0 Å². The van der Waals surface area contributed by atoms with Gasteiger partial charge in [0.2, 0.25) is 0 Å². The van der Waals surface area contributed by atoms with E-state index in [1.165, 1.54) is 16.2 Å². The summed E-state index contributed by atoms with van der Waals surface area (Å²) in [6, 6.07) is 1.01. The first-order chi connectivity index (χ1) is 8.85. The van der Waals surface area contributed by atoms with Gasteiger partial charge in [0.05, 0.1) is 4.88 Å². The van der Waals surface area contributed by atoms with Crippen LogP contribution in [0.2, 0.25) is 0 Å². The first-order valence-electron chi connectivity index (χ1n) is 6.48. The van der Waals surface area contributed by atoms with E-state index in [9.17, 15) is 9.59 Å². The molecule has 0 aliphatic heterocycles. The molecule has 5 heteroatoms. The highest BCUT2D eigenvalue weighted by Crippen LogP contribution is 2.22. The number of carboxylic acids is 1. The van der Waals surface area contributed by atoms with Gasteiger partial charge in [0, 0.05) is 4.88 Å². The van der Waals surface area contributed by atoms with Gasteiger partial charge in [0.1, 0.15) is 6.04 Å². The quantitative estimate of drug-likeness (QED) is 0.843. The Morgan fingerprint density at radius 3 is 2.47 bits per heavy atom. The predicted molar refractivity (Wildman–Crippen MR) is 76.8 cm³/mol. The van der Waals surface area contributed by atoms with Crippen LogP contribution >= 0.6 is 11.3 Å². The molecule has 0 spiro atoms. The third-order valence-electron chi connectivity index (χ3n) is 2.88. The van der Waals surface area contributed by atoms with Crippen LogP contribution in [0, 0.1) is 12.8 Å². The zero-order valence-electron chi connectivity index (χ0n) is 11.8. The van der Waals surface area contributed by atoms with Gasteiger partial charge in [0.15, 0.2) is 0 Å². The van der Waals surface area contributed by atoms with Crippen molar-refractivity contribution in [2.45, 2.75) is 46.6 Å². The number of carbonyl (C=O) groups excluding carboxylic acids is 1. The van der Waals surface area contributed by atoms with Crippen LogP contribution in [0.15, 0.2) is 6.07 Å². The summed E-state index contributed by atoms with van der Waals surface area (Å²) >= 11 is 1.44. The van der Waals surface area contributed by atoms with Crippen molar-refractivity contribution in [2.75, 3.05) is 0 Å². The number of aryl methyl sites for hydroxylation is 2. The van der Waals surface area contributed by atoms with E-state index in [2.05, 4.69) is 5.32 Å². The van der Waals surface area contributed by atoms with E-state index in [0.717, 1.165) is 12.0 Å². The minimum absolute atomic E-state index is 0.220. The van der Waals surface area contributed by atoms with E-state index >= 15 is 0 Å². The number of hydrogen-bond donors (Lipinski definition) is 2. The second-order valence-electron chi connectivity index (χ2n) is 5.06. The number of hydrogen-bond acceptors (Lipinski definition) is 3. The molecular formula is C14H21NO3S. The summed E-state index contributed by atoms with van der Waals surface area (Å²) in [5.74, 6) is -1.05. The molecule has 0 aliphatic rings. The Morgan fingerprint density at radius 2 is 2.05 bits per heavy atom. The summed E-state index contributed by atoms with van der Waals surface area (Å²) in [5.41, 5.74) is 1.09. The molecule has 0 unspecified atom stereocenters. The second-order valence-corrected chi connectivity index (χ2v) is 6.20. The van der Waals surface area contributed by atoms with E-state index in [1.54, 1.807) is 0 Å². The SMILES string of the molecule is CCc1sc(C(=O)N[C@@H](CC(C)C)C(=O)O)cc1C. The second kappa shape index (κ2) is 6.70. The van der Waals surface area contributed by atoms with Crippen LogP contribution in [0.5, 0.6) is 0 Å². The molecule has 106 valence electrons. The first kappa shape index (κ1) is 15.7. The van der Waals surface area contributed by atoms with Crippen LogP contribution < -0.4 is 5.32 Å². The minimum atomic E-state index is -0.981. The lowest BCUT2D eigenvalue weighted by Gasteiger charge is -2.15. The van der Waals surface area contributed by atoms with Crippen LogP contribution in [0.3, 0.4) is 0 Å². The molecule has 0 bridgehead atoms. The van der Waals surface area contributed by atoms with Crippen LogP contribution in [0.1, 0.15) is 47.3 Å². The molecule has 0 aliphatic carbocycles. The van der Waals surface area contributed by atoms with Crippen molar-refractivity contribution in [1.82, 2.24) is 5.32 Å². The molecule has 1 heterocycles. The Labute approximate surface area is 117 Å². The topological polar surface area (TPSA) is 66.4 Å². The van der Waals surface area contributed by atoms with Gasteiger partial charge >= 0.3 is 5.97 Å². The van der Waals surface area contributed by atoms with Crippen molar-refractivity contribution in [1.29, 1.82) is 0 Å². The zero-order valence-corrected chi connectivity index (χ0v) is 12.6. The molecule has 0 aromatic carbocycles. The third-order valence-corrected chi connectivity index (χ3v) is 4.26. The maximum Gasteiger partial charge on any atom is 0.326 e. The molecule has 0 saturated carbocycles. The number of amides is 1. The highest BCUT2D eigenvalue weighted by molar-refractivity contribution is 7.14. The summed E-state index contributed by atoms with van der Waals surface area (Å²) in [5, 5.41) is 11.7. The standard InChI is InChI=1S/C14H21NO3S/c1-5-11-9(4)7-12(19-11)13(16)15-10(14(17)18)6-8(2)3/h7-8,10H,5-6H2,1-4H3,(H,15,16)(H,17,18)/t10-/m0/s1. The van der Waals surface area contributed by atoms with Crippen molar-refractivity contribution in [3.63, 3.8) is 0 Å². The van der Waals surface area contributed by atoms with Crippen LogP contribution in [0.4, 0.5) is 0 Å². The fraction of sp³-hybridized carbons (Fsp3) is 0.571. The van der Waals surface area contributed by atoms with E-state index in [4.69, 9.17) is 5.11 Å². The summed E-state index contributed by atoms with van der Waals surface area (Å²) < 4.78 is 0. The number of carbonyl (C=O) groups is 2. The maximum atomic E-state index is 12.1. The van der Waals surface area contributed by atoms with Gasteiger partial charge in [-0.05, 0) is 37.3 Å². The van der Waals surface area contributed by atoms with Gasteiger partial charge in [-0.1, -0.05) is 20.8 Å². The largest absolute Gasteiger partial charge is 0.480 e. The lowest BCUT2D eigenvalue weighted by atomic mass is 10.0. The molecule has 1 aromatic heterocycles. The summed E-state index contributed by atoms with van der Waals surface area (Å²) in [6.07, 6.45) is 1.32. The van der Waals surface area contributed by atoms with Gasteiger partial charge in [-0.15, -0.1) is 11.3 Å². The number of thiophene rings is 1. The molecule has 0 radical (unpaired) electrons. The van der Waals surface area contributed by atoms with Crippen molar-refractivity contribution in [3.05, 3.63) is 21.4 Å². The van der Waals surface area contributed by atoms with Gasteiger partial charge < -0.3 is 10.4 Å². The molecule has 1 amide bonds. The average Bonchev–Trinajstić information content (AvgIpc) is 2.69. The van der Waals surface area contributed by atoms with Crippen LogP contribution in [0.25, 0.3) is 0 Å².